The van der Waals surface area contributed by atoms with Gasteiger partial charge in [0, 0.05) is 6.04 Å². The molecule has 0 amide bonds. The van der Waals surface area contributed by atoms with Crippen molar-refractivity contribution in [3.8, 4) is 11.4 Å². The third-order valence-corrected chi connectivity index (χ3v) is 3.23. The molecule has 0 radical (unpaired) electrons. The maximum absolute atomic E-state index is 14.1. The monoisotopic (exact) mass is 313 g/mol. The Bertz CT molecular complexity index is 568. The highest BCUT2D eigenvalue weighted by atomic mass is 79.9. The van der Waals surface area contributed by atoms with Gasteiger partial charge in [-0.1, -0.05) is 6.07 Å². The highest BCUT2D eigenvalue weighted by Gasteiger charge is 2.19. The van der Waals surface area contributed by atoms with Crippen molar-refractivity contribution in [3.05, 3.63) is 34.3 Å². The third kappa shape index (κ3) is 2.18. The molecule has 0 atom stereocenters. The van der Waals surface area contributed by atoms with E-state index in [9.17, 15) is 9.50 Å². The number of rotatable bonds is 3. The standard InChI is InChI=1S/C12H13BrFN3O/c1-7(2)17-10(6-18)15-16-12(17)8-4-3-5-9(13)11(8)14/h3-5,7,18H,6H2,1-2H3. The van der Waals surface area contributed by atoms with Gasteiger partial charge in [0.1, 0.15) is 12.4 Å². The molecule has 2 rings (SSSR count). The fourth-order valence-corrected chi connectivity index (χ4v) is 2.20. The molecule has 0 spiro atoms. The van der Waals surface area contributed by atoms with Gasteiger partial charge in [-0.15, -0.1) is 10.2 Å². The number of hydrogen-bond donors (Lipinski definition) is 1. The molecule has 0 bridgehead atoms. The molecule has 18 heavy (non-hydrogen) atoms. The van der Waals surface area contributed by atoms with Gasteiger partial charge in [0.2, 0.25) is 0 Å². The summed E-state index contributed by atoms with van der Waals surface area (Å²) in [6, 6.07) is 5.04. The lowest BCUT2D eigenvalue weighted by atomic mass is 10.2. The van der Waals surface area contributed by atoms with E-state index in [1.807, 2.05) is 13.8 Å². The first-order chi connectivity index (χ1) is 8.56. The molecule has 0 fully saturated rings. The van der Waals surface area contributed by atoms with Gasteiger partial charge < -0.3 is 9.67 Å². The first-order valence-corrected chi connectivity index (χ1v) is 6.34. The van der Waals surface area contributed by atoms with Crippen LogP contribution >= 0.6 is 15.9 Å². The summed E-state index contributed by atoms with van der Waals surface area (Å²) in [6.45, 7) is 3.64. The topological polar surface area (TPSA) is 50.9 Å². The molecular weight excluding hydrogens is 301 g/mol. The van der Waals surface area contributed by atoms with Gasteiger partial charge in [0.25, 0.3) is 0 Å². The molecule has 2 aromatic rings. The van der Waals surface area contributed by atoms with Crippen LogP contribution < -0.4 is 0 Å². The smallest absolute Gasteiger partial charge is 0.167 e. The minimum atomic E-state index is -0.378. The largest absolute Gasteiger partial charge is 0.388 e. The molecular formula is C12H13BrFN3O. The van der Waals surface area contributed by atoms with Crippen molar-refractivity contribution in [3.63, 3.8) is 0 Å². The van der Waals surface area contributed by atoms with Crippen molar-refractivity contribution in [2.45, 2.75) is 26.5 Å². The van der Waals surface area contributed by atoms with Crippen LogP contribution in [0, 0.1) is 5.82 Å². The molecule has 1 N–H and O–H groups in total. The Morgan fingerprint density at radius 2 is 2.11 bits per heavy atom. The maximum atomic E-state index is 14.1. The third-order valence-electron chi connectivity index (χ3n) is 2.62. The van der Waals surface area contributed by atoms with Gasteiger partial charge in [-0.05, 0) is 41.9 Å². The number of aliphatic hydroxyl groups is 1. The van der Waals surface area contributed by atoms with E-state index >= 15 is 0 Å². The summed E-state index contributed by atoms with van der Waals surface area (Å²) < 4.78 is 16.2. The second kappa shape index (κ2) is 5.16. The Morgan fingerprint density at radius 1 is 1.39 bits per heavy atom. The number of aliphatic hydroxyl groups excluding tert-OH is 1. The molecule has 0 aliphatic carbocycles. The van der Waals surface area contributed by atoms with E-state index in [0.717, 1.165) is 0 Å². The summed E-state index contributed by atoms with van der Waals surface area (Å²) in [5.74, 6) is 0.475. The zero-order valence-corrected chi connectivity index (χ0v) is 11.6. The van der Waals surface area contributed by atoms with Crippen LogP contribution in [0.3, 0.4) is 0 Å². The van der Waals surface area contributed by atoms with Crippen LogP contribution in [0.5, 0.6) is 0 Å². The SMILES string of the molecule is CC(C)n1c(CO)nnc1-c1cccc(Br)c1F. The van der Waals surface area contributed by atoms with E-state index < -0.39 is 0 Å². The van der Waals surface area contributed by atoms with Crippen LogP contribution in [0.1, 0.15) is 25.7 Å². The molecule has 0 saturated carbocycles. The molecule has 0 aliphatic heterocycles. The summed E-state index contributed by atoms with van der Waals surface area (Å²) in [4.78, 5) is 0. The van der Waals surface area contributed by atoms with Gasteiger partial charge in [-0.2, -0.15) is 0 Å². The van der Waals surface area contributed by atoms with E-state index in [0.29, 0.717) is 21.7 Å². The van der Waals surface area contributed by atoms with E-state index in [2.05, 4.69) is 26.1 Å². The number of aromatic nitrogens is 3. The first kappa shape index (κ1) is 13.2. The van der Waals surface area contributed by atoms with Crippen molar-refractivity contribution in [1.29, 1.82) is 0 Å². The number of hydrogen-bond acceptors (Lipinski definition) is 3. The van der Waals surface area contributed by atoms with E-state index in [1.54, 1.807) is 22.8 Å². The number of halogens is 2. The number of benzene rings is 1. The Morgan fingerprint density at radius 3 is 2.72 bits per heavy atom. The van der Waals surface area contributed by atoms with Crippen molar-refractivity contribution >= 4 is 15.9 Å². The normalized spacial score (nSPS) is 11.2. The van der Waals surface area contributed by atoms with Crippen LogP contribution in [0.2, 0.25) is 0 Å². The lowest BCUT2D eigenvalue weighted by Gasteiger charge is -2.13. The van der Waals surface area contributed by atoms with Crippen molar-refractivity contribution in [1.82, 2.24) is 14.8 Å². The minimum Gasteiger partial charge on any atom is -0.388 e. The Labute approximate surface area is 113 Å². The summed E-state index contributed by atoms with van der Waals surface area (Å²) in [7, 11) is 0. The van der Waals surface area contributed by atoms with E-state index in [4.69, 9.17) is 0 Å². The molecule has 4 nitrogen and oxygen atoms in total. The predicted molar refractivity (Wildman–Crippen MR) is 69.4 cm³/mol. The molecule has 0 aliphatic rings. The van der Waals surface area contributed by atoms with Crippen LogP contribution in [0.25, 0.3) is 11.4 Å². The van der Waals surface area contributed by atoms with Gasteiger partial charge >= 0.3 is 0 Å². The maximum Gasteiger partial charge on any atom is 0.167 e. The van der Waals surface area contributed by atoms with Gasteiger partial charge in [0.15, 0.2) is 11.6 Å². The van der Waals surface area contributed by atoms with Crippen LogP contribution in [-0.4, -0.2) is 19.9 Å². The molecule has 96 valence electrons. The molecule has 0 unspecified atom stereocenters. The number of nitrogens with zero attached hydrogens (tertiary/aromatic N) is 3. The average molecular weight is 314 g/mol. The van der Waals surface area contributed by atoms with Crippen LogP contribution in [0.15, 0.2) is 22.7 Å². The summed E-state index contributed by atoms with van der Waals surface area (Å²) in [5, 5.41) is 17.1. The molecule has 1 heterocycles. The van der Waals surface area contributed by atoms with Crippen LogP contribution in [-0.2, 0) is 6.61 Å². The minimum absolute atomic E-state index is 0.0375. The van der Waals surface area contributed by atoms with Gasteiger partial charge in [0.05, 0.1) is 10.0 Å². The zero-order chi connectivity index (χ0) is 13.3. The van der Waals surface area contributed by atoms with Crippen molar-refractivity contribution in [2.24, 2.45) is 0 Å². The van der Waals surface area contributed by atoms with Gasteiger partial charge in [-0.25, -0.2) is 4.39 Å². The van der Waals surface area contributed by atoms with Gasteiger partial charge in [-0.3, -0.25) is 0 Å². The second-order valence-corrected chi connectivity index (χ2v) is 5.02. The summed E-state index contributed by atoms with van der Waals surface area (Å²) >= 11 is 3.15. The molecule has 0 saturated heterocycles. The first-order valence-electron chi connectivity index (χ1n) is 5.55. The summed E-state index contributed by atoms with van der Waals surface area (Å²) in [6.07, 6.45) is 0. The lowest BCUT2D eigenvalue weighted by Crippen LogP contribution is -2.08. The molecule has 6 heteroatoms. The quantitative estimate of drug-likeness (QED) is 0.948. The van der Waals surface area contributed by atoms with E-state index in [1.165, 1.54) is 0 Å². The van der Waals surface area contributed by atoms with Crippen LogP contribution in [0.4, 0.5) is 4.39 Å². The zero-order valence-electron chi connectivity index (χ0n) is 10.1. The fraction of sp³-hybridized carbons (Fsp3) is 0.333. The Balaban J connectivity index is 2.64. The lowest BCUT2D eigenvalue weighted by molar-refractivity contribution is 0.262. The molecule has 1 aromatic carbocycles. The van der Waals surface area contributed by atoms with Crippen molar-refractivity contribution < 1.29 is 9.50 Å². The average Bonchev–Trinajstić information content (AvgIpc) is 2.76. The fourth-order valence-electron chi connectivity index (χ4n) is 1.83. The highest BCUT2D eigenvalue weighted by molar-refractivity contribution is 9.10. The Hall–Kier alpha value is -1.27. The second-order valence-electron chi connectivity index (χ2n) is 4.16. The Kier molecular flexibility index (Phi) is 3.77. The highest BCUT2D eigenvalue weighted by Crippen LogP contribution is 2.28. The van der Waals surface area contributed by atoms with Crippen molar-refractivity contribution in [2.75, 3.05) is 0 Å². The summed E-state index contributed by atoms with van der Waals surface area (Å²) in [5.41, 5.74) is 0.366. The predicted octanol–water partition coefficient (Wildman–Crippen LogP) is 2.92. The van der Waals surface area contributed by atoms with E-state index in [-0.39, 0.29) is 18.5 Å². The molecule has 1 aromatic heterocycles.